The SMILES string of the molecule is Cc1cccc(C)c1-c1nc(N)cs1. The lowest BCUT2D eigenvalue weighted by Gasteiger charge is -2.05. The van der Waals surface area contributed by atoms with E-state index in [2.05, 4.69) is 37.0 Å². The molecule has 0 amide bonds. The molecule has 14 heavy (non-hydrogen) atoms. The molecule has 2 nitrogen and oxygen atoms in total. The number of benzene rings is 1. The Kier molecular flexibility index (Phi) is 2.25. The van der Waals surface area contributed by atoms with E-state index in [1.807, 2.05) is 5.38 Å². The van der Waals surface area contributed by atoms with Crippen molar-refractivity contribution in [2.75, 3.05) is 5.73 Å². The van der Waals surface area contributed by atoms with Gasteiger partial charge in [-0.1, -0.05) is 18.2 Å². The van der Waals surface area contributed by atoms with Gasteiger partial charge in [0.05, 0.1) is 0 Å². The van der Waals surface area contributed by atoms with Gasteiger partial charge in [-0.2, -0.15) is 0 Å². The van der Waals surface area contributed by atoms with E-state index in [4.69, 9.17) is 5.73 Å². The summed E-state index contributed by atoms with van der Waals surface area (Å²) in [5, 5.41) is 2.89. The minimum atomic E-state index is 0.604. The third kappa shape index (κ3) is 1.51. The molecule has 0 saturated carbocycles. The lowest BCUT2D eigenvalue weighted by molar-refractivity contribution is 1.34. The van der Waals surface area contributed by atoms with Gasteiger partial charge >= 0.3 is 0 Å². The molecule has 0 fully saturated rings. The highest BCUT2D eigenvalue weighted by molar-refractivity contribution is 7.13. The second kappa shape index (κ2) is 3.42. The number of rotatable bonds is 1. The average Bonchev–Trinajstić information content (AvgIpc) is 2.51. The molecule has 1 heterocycles. The maximum Gasteiger partial charge on any atom is 0.135 e. The third-order valence-electron chi connectivity index (χ3n) is 2.22. The average molecular weight is 204 g/mol. The first-order valence-corrected chi connectivity index (χ1v) is 5.34. The Morgan fingerprint density at radius 3 is 2.36 bits per heavy atom. The van der Waals surface area contributed by atoms with Gasteiger partial charge in [-0.3, -0.25) is 0 Å². The Bertz CT molecular complexity index is 440. The van der Waals surface area contributed by atoms with Crippen molar-refractivity contribution in [1.29, 1.82) is 0 Å². The number of nitrogens with zero attached hydrogens (tertiary/aromatic N) is 1. The number of hydrogen-bond donors (Lipinski definition) is 1. The molecule has 0 radical (unpaired) electrons. The minimum absolute atomic E-state index is 0.604. The zero-order chi connectivity index (χ0) is 10.1. The summed E-state index contributed by atoms with van der Waals surface area (Å²) in [6, 6.07) is 6.25. The Morgan fingerprint density at radius 2 is 1.86 bits per heavy atom. The molecule has 0 aliphatic rings. The van der Waals surface area contributed by atoms with Crippen LogP contribution in [0.5, 0.6) is 0 Å². The Labute approximate surface area is 87.4 Å². The number of anilines is 1. The Hall–Kier alpha value is -1.35. The number of thiazole rings is 1. The molecule has 1 aromatic heterocycles. The van der Waals surface area contributed by atoms with Crippen LogP contribution in [0.2, 0.25) is 0 Å². The summed E-state index contributed by atoms with van der Waals surface area (Å²) >= 11 is 1.59. The molecule has 3 heteroatoms. The molecule has 0 bridgehead atoms. The Balaban J connectivity index is 2.61. The second-order valence-corrected chi connectivity index (χ2v) is 4.20. The van der Waals surface area contributed by atoms with Crippen LogP contribution in [0.15, 0.2) is 23.6 Å². The third-order valence-corrected chi connectivity index (χ3v) is 3.09. The lowest BCUT2D eigenvalue weighted by atomic mass is 10.0. The normalized spacial score (nSPS) is 10.4. The molecular weight excluding hydrogens is 192 g/mol. The van der Waals surface area contributed by atoms with Crippen molar-refractivity contribution >= 4 is 17.2 Å². The maximum absolute atomic E-state index is 5.62. The summed E-state index contributed by atoms with van der Waals surface area (Å²) in [5.74, 6) is 0.604. The predicted molar refractivity (Wildman–Crippen MR) is 61.4 cm³/mol. The van der Waals surface area contributed by atoms with Crippen molar-refractivity contribution in [3.63, 3.8) is 0 Å². The van der Waals surface area contributed by atoms with Crippen LogP contribution in [0.1, 0.15) is 11.1 Å². The smallest absolute Gasteiger partial charge is 0.135 e. The van der Waals surface area contributed by atoms with E-state index < -0.39 is 0 Å². The van der Waals surface area contributed by atoms with E-state index in [9.17, 15) is 0 Å². The summed E-state index contributed by atoms with van der Waals surface area (Å²) in [6.45, 7) is 4.19. The number of nitrogens with two attached hydrogens (primary N) is 1. The highest BCUT2D eigenvalue weighted by atomic mass is 32.1. The topological polar surface area (TPSA) is 38.9 Å². The zero-order valence-electron chi connectivity index (χ0n) is 8.24. The van der Waals surface area contributed by atoms with Crippen molar-refractivity contribution in [2.45, 2.75) is 13.8 Å². The highest BCUT2D eigenvalue weighted by Crippen LogP contribution is 2.30. The Morgan fingerprint density at radius 1 is 1.21 bits per heavy atom. The van der Waals surface area contributed by atoms with Crippen LogP contribution >= 0.6 is 11.3 Å². The molecule has 2 rings (SSSR count). The van der Waals surface area contributed by atoms with Gasteiger partial charge in [0.1, 0.15) is 10.8 Å². The van der Waals surface area contributed by atoms with E-state index in [0.717, 1.165) is 5.01 Å². The number of aromatic nitrogens is 1. The van der Waals surface area contributed by atoms with Gasteiger partial charge in [-0.25, -0.2) is 4.98 Å². The summed E-state index contributed by atoms with van der Waals surface area (Å²) < 4.78 is 0. The number of aryl methyl sites for hydroxylation is 2. The molecule has 2 N–H and O–H groups in total. The van der Waals surface area contributed by atoms with Crippen molar-refractivity contribution in [2.24, 2.45) is 0 Å². The highest BCUT2D eigenvalue weighted by Gasteiger charge is 2.08. The maximum atomic E-state index is 5.62. The first-order chi connectivity index (χ1) is 6.68. The predicted octanol–water partition coefficient (Wildman–Crippen LogP) is 3.01. The molecule has 0 unspecified atom stereocenters. The van der Waals surface area contributed by atoms with E-state index in [1.54, 1.807) is 11.3 Å². The summed E-state index contributed by atoms with van der Waals surface area (Å²) in [5.41, 5.74) is 9.33. The largest absolute Gasteiger partial charge is 0.383 e. The number of hydrogen-bond acceptors (Lipinski definition) is 3. The fourth-order valence-electron chi connectivity index (χ4n) is 1.55. The number of nitrogen functional groups attached to an aromatic ring is 1. The van der Waals surface area contributed by atoms with Gasteiger partial charge < -0.3 is 5.73 Å². The molecule has 1 aromatic carbocycles. The fraction of sp³-hybridized carbons (Fsp3) is 0.182. The molecule has 0 saturated heterocycles. The van der Waals surface area contributed by atoms with E-state index in [0.29, 0.717) is 5.82 Å². The molecule has 0 atom stereocenters. The first-order valence-electron chi connectivity index (χ1n) is 4.46. The molecule has 72 valence electrons. The van der Waals surface area contributed by atoms with Crippen LogP contribution in [0, 0.1) is 13.8 Å². The van der Waals surface area contributed by atoms with Gasteiger partial charge in [-0.15, -0.1) is 11.3 Å². The van der Waals surface area contributed by atoms with Crippen molar-refractivity contribution < 1.29 is 0 Å². The molecule has 0 spiro atoms. The van der Waals surface area contributed by atoms with E-state index in [1.165, 1.54) is 16.7 Å². The van der Waals surface area contributed by atoms with E-state index >= 15 is 0 Å². The van der Waals surface area contributed by atoms with Crippen molar-refractivity contribution in [3.8, 4) is 10.6 Å². The van der Waals surface area contributed by atoms with Crippen LogP contribution in [0.25, 0.3) is 10.6 Å². The van der Waals surface area contributed by atoms with Crippen LogP contribution in [0.3, 0.4) is 0 Å². The minimum Gasteiger partial charge on any atom is -0.383 e. The summed E-state index contributed by atoms with van der Waals surface area (Å²) in [4.78, 5) is 4.30. The van der Waals surface area contributed by atoms with Gasteiger partial charge in [0.2, 0.25) is 0 Å². The molecule has 2 aromatic rings. The molecule has 0 aliphatic carbocycles. The quantitative estimate of drug-likeness (QED) is 0.775. The summed E-state index contributed by atoms with van der Waals surface area (Å²) in [7, 11) is 0. The van der Waals surface area contributed by atoms with Gasteiger partial charge in [0, 0.05) is 10.9 Å². The summed E-state index contributed by atoms with van der Waals surface area (Å²) in [6.07, 6.45) is 0. The van der Waals surface area contributed by atoms with Crippen LogP contribution in [-0.2, 0) is 0 Å². The molecule has 0 aliphatic heterocycles. The zero-order valence-corrected chi connectivity index (χ0v) is 9.06. The van der Waals surface area contributed by atoms with Gasteiger partial charge in [0.25, 0.3) is 0 Å². The van der Waals surface area contributed by atoms with Crippen LogP contribution in [0.4, 0.5) is 5.82 Å². The van der Waals surface area contributed by atoms with E-state index in [-0.39, 0.29) is 0 Å². The lowest BCUT2D eigenvalue weighted by Crippen LogP contribution is -1.88. The standard InChI is InChI=1S/C11H12N2S/c1-7-4-3-5-8(2)10(7)11-13-9(12)6-14-11/h3-6H,12H2,1-2H3. The molecular formula is C11H12N2S. The first kappa shape index (κ1) is 9.21. The van der Waals surface area contributed by atoms with Crippen LogP contribution < -0.4 is 5.73 Å². The van der Waals surface area contributed by atoms with Gasteiger partial charge in [-0.05, 0) is 25.0 Å². The van der Waals surface area contributed by atoms with Gasteiger partial charge in [0.15, 0.2) is 0 Å². The second-order valence-electron chi connectivity index (χ2n) is 3.34. The fourth-order valence-corrected chi connectivity index (χ4v) is 2.44. The van der Waals surface area contributed by atoms with Crippen molar-refractivity contribution in [1.82, 2.24) is 4.98 Å². The van der Waals surface area contributed by atoms with Crippen LogP contribution in [-0.4, -0.2) is 4.98 Å². The van der Waals surface area contributed by atoms with Crippen molar-refractivity contribution in [3.05, 3.63) is 34.7 Å². The monoisotopic (exact) mass is 204 g/mol.